The number of nitrogens with zero attached hydrogens (tertiary/aromatic N) is 2. The molecule has 1 aliphatic carbocycles. The smallest absolute Gasteiger partial charge is 0.135 e. The molecule has 0 spiro atoms. The molecule has 2 unspecified atom stereocenters. The van der Waals surface area contributed by atoms with Gasteiger partial charge in [-0.3, -0.25) is 4.68 Å². The third-order valence-corrected chi connectivity index (χ3v) is 5.77. The lowest BCUT2D eigenvalue weighted by Gasteiger charge is -2.22. The maximum atomic E-state index is 14.9. The maximum Gasteiger partial charge on any atom is 0.135 e. The van der Waals surface area contributed by atoms with Crippen LogP contribution in [0.25, 0.3) is 11.1 Å². The van der Waals surface area contributed by atoms with Gasteiger partial charge in [-0.25, -0.2) is 22.0 Å². The van der Waals surface area contributed by atoms with Crippen LogP contribution in [0.3, 0.4) is 0 Å². The standard InChI is InChI=1S/C21H16ClF5N2/c1-9-4-11(23)7-15(26)19(9)21(8-16(21)27)20-17(10(2)28-29(20)3)18-13(22)5-12(24)6-14(18)25/h4-7,16H,8H2,1-3H3. The highest BCUT2D eigenvalue weighted by Crippen LogP contribution is 2.60. The quantitative estimate of drug-likeness (QED) is 0.474. The topological polar surface area (TPSA) is 17.8 Å². The van der Waals surface area contributed by atoms with Gasteiger partial charge in [0.25, 0.3) is 0 Å². The lowest BCUT2D eigenvalue weighted by Crippen LogP contribution is -2.22. The van der Waals surface area contributed by atoms with Crippen LogP contribution in [-0.2, 0) is 12.5 Å². The average Bonchev–Trinajstić information content (AvgIpc) is 3.12. The molecule has 0 saturated heterocycles. The van der Waals surface area contributed by atoms with Gasteiger partial charge in [0.05, 0.1) is 21.8 Å². The fraction of sp³-hybridized carbons (Fsp3) is 0.286. The minimum absolute atomic E-state index is 0.00528. The van der Waals surface area contributed by atoms with E-state index in [0.29, 0.717) is 17.8 Å². The Kier molecular flexibility index (Phi) is 4.49. The van der Waals surface area contributed by atoms with Gasteiger partial charge in [0.1, 0.15) is 29.4 Å². The Balaban J connectivity index is 2.06. The summed E-state index contributed by atoms with van der Waals surface area (Å²) in [6, 6.07) is 3.45. The summed E-state index contributed by atoms with van der Waals surface area (Å²) >= 11 is 6.12. The fourth-order valence-corrected chi connectivity index (χ4v) is 4.65. The first kappa shape index (κ1) is 19.9. The second-order valence-corrected chi connectivity index (χ2v) is 7.81. The highest BCUT2D eigenvalue weighted by atomic mass is 35.5. The number of hydrogen-bond acceptors (Lipinski definition) is 1. The van der Waals surface area contributed by atoms with Crippen LogP contribution in [0.1, 0.15) is 28.9 Å². The predicted molar refractivity (Wildman–Crippen MR) is 99.7 cm³/mol. The highest BCUT2D eigenvalue weighted by Gasteiger charge is 2.62. The Hall–Kier alpha value is -2.41. The van der Waals surface area contributed by atoms with Gasteiger partial charge in [0.2, 0.25) is 0 Å². The van der Waals surface area contributed by atoms with Crippen molar-refractivity contribution < 1.29 is 22.0 Å². The summed E-state index contributed by atoms with van der Waals surface area (Å²) in [5.41, 5.74) is -0.660. The molecule has 2 nitrogen and oxygen atoms in total. The number of rotatable bonds is 3. The zero-order valence-corrected chi connectivity index (χ0v) is 16.5. The van der Waals surface area contributed by atoms with Gasteiger partial charge in [-0.2, -0.15) is 5.10 Å². The first-order valence-corrected chi connectivity index (χ1v) is 9.25. The van der Waals surface area contributed by atoms with E-state index in [1.54, 1.807) is 6.92 Å². The number of aryl methyl sites for hydroxylation is 3. The molecular weight excluding hydrogens is 411 g/mol. The molecule has 0 bridgehead atoms. The van der Waals surface area contributed by atoms with Crippen molar-refractivity contribution in [2.24, 2.45) is 7.05 Å². The van der Waals surface area contributed by atoms with Crippen molar-refractivity contribution in [3.63, 3.8) is 0 Å². The Bertz CT molecular complexity index is 1110. The van der Waals surface area contributed by atoms with E-state index in [0.717, 1.165) is 12.1 Å². The van der Waals surface area contributed by atoms with Gasteiger partial charge in [-0.05, 0) is 38.0 Å². The van der Waals surface area contributed by atoms with Gasteiger partial charge in [-0.15, -0.1) is 0 Å². The molecule has 29 heavy (non-hydrogen) atoms. The molecule has 1 heterocycles. The summed E-state index contributed by atoms with van der Waals surface area (Å²) in [5.74, 6) is -3.46. The largest absolute Gasteiger partial charge is 0.271 e. The SMILES string of the molecule is Cc1cc(F)cc(F)c1C1(c2c(-c3c(F)cc(F)cc3Cl)c(C)nn2C)CC1F. The van der Waals surface area contributed by atoms with Gasteiger partial charge < -0.3 is 0 Å². The van der Waals surface area contributed by atoms with Crippen molar-refractivity contribution in [3.05, 3.63) is 75.1 Å². The molecule has 152 valence electrons. The molecule has 1 fully saturated rings. The molecule has 8 heteroatoms. The Morgan fingerprint density at radius 3 is 2.14 bits per heavy atom. The molecule has 1 aliphatic rings. The van der Waals surface area contributed by atoms with Crippen molar-refractivity contribution in [1.29, 1.82) is 0 Å². The van der Waals surface area contributed by atoms with E-state index in [1.807, 2.05) is 0 Å². The van der Waals surface area contributed by atoms with Crippen molar-refractivity contribution in [2.45, 2.75) is 31.9 Å². The van der Waals surface area contributed by atoms with E-state index in [4.69, 9.17) is 11.6 Å². The summed E-state index contributed by atoms with van der Waals surface area (Å²) in [6.45, 7) is 3.07. The van der Waals surface area contributed by atoms with Gasteiger partial charge in [0, 0.05) is 35.9 Å². The Morgan fingerprint density at radius 2 is 1.59 bits per heavy atom. The summed E-state index contributed by atoms with van der Waals surface area (Å²) < 4.78 is 73.0. The summed E-state index contributed by atoms with van der Waals surface area (Å²) in [4.78, 5) is 0. The summed E-state index contributed by atoms with van der Waals surface area (Å²) in [5, 5.41) is 4.06. The minimum atomic E-state index is -1.49. The summed E-state index contributed by atoms with van der Waals surface area (Å²) in [6.07, 6.45) is -1.57. The van der Waals surface area contributed by atoms with Crippen molar-refractivity contribution in [2.75, 3.05) is 0 Å². The predicted octanol–water partition coefficient (Wildman–Crippen LogP) is 5.94. The molecule has 0 N–H and O–H groups in total. The number of benzene rings is 2. The van der Waals surface area contributed by atoms with Crippen molar-refractivity contribution in [3.8, 4) is 11.1 Å². The second-order valence-electron chi connectivity index (χ2n) is 7.40. The molecule has 1 saturated carbocycles. The van der Waals surface area contributed by atoms with E-state index >= 15 is 0 Å². The first-order chi connectivity index (χ1) is 13.6. The maximum absolute atomic E-state index is 14.9. The molecule has 2 aromatic carbocycles. The molecule has 1 aromatic heterocycles. The van der Waals surface area contributed by atoms with Gasteiger partial charge in [0.15, 0.2) is 0 Å². The first-order valence-electron chi connectivity index (χ1n) is 8.87. The van der Waals surface area contributed by atoms with Gasteiger partial charge >= 0.3 is 0 Å². The summed E-state index contributed by atoms with van der Waals surface area (Å²) in [7, 11) is 1.53. The molecular formula is C21H16ClF5N2. The number of aromatic nitrogens is 2. The average molecular weight is 427 g/mol. The van der Waals surface area contributed by atoms with E-state index in [-0.39, 0.29) is 39.4 Å². The number of alkyl halides is 1. The van der Waals surface area contributed by atoms with E-state index in [2.05, 4.69) is 5.10 Å². The van der Waals surface area contributed by atoms with E-state index in [9.17, 15) is 22.0 Å². The molecule has 0 aliphatic heterocycles. The third-order valence-electron chi connectivity index (χ3n) is 5.48. The molecule has 0 radical (unpaired) electrons. The van der Waals surface area contributed by atoms with Crippen LogP contribution in [-0.4, -0.2) is 16.0 Å². The Labute approximate surface area is 168 Å². The van der Waals surface area contributed by atoms with Crippen LogP contribution in [0.2, 0.25) is 5.02 Å². The lowest BCUT2D eigenvalue weighted by molar-refractivity contribution is 0.424. The zero-order chi connectivity index (χ0) is 21.2. The number of halogens is 6. The van der Waals surface area contributed by atoms with Crippen LogP contribution in [0.4, 0.5) is 22.0 Å². The van der Waals surface area contributed by atoms with Crippen molar-refractivity contribution >= 4 is 11.6 Å². The third kappa shape index (κ3) is 2.86. The lowest BCUT2D eigenvalue weighted by atomic mass is 9.84. The second kappa shape index (κ2) is 6.55. The monoisotopic (exact) mass is 426 g/mol. The zero-order valence-electron chi connectivity index (χ0n) is 15.8. The fourth-order valence-electron chi connectivity index (χ4n) is 4.36. The normalized spacial score (nSPS) is 20.9. The van der Waals surface area contributed by atoms with Crippen LogP contribution in [0, 0.1) is 37.1 Å². The molecule has 0 amide bonds. The molecule has 2 atom stereocenters. The minimum Gasteiger partial charge on any atom is -0.271 e. The van der Waals surface area contributed by atoms with Crippen LogP contribution < -0.4 is 0 Å². The Morgan fingerprint density at radius 1 is 1.00 bits per heavy atom. The molecule has 3 aromatic rings. The van der Waals surface area contributed by atoms with E-state index in [1.165, 1.54) is 18.7 Å². The van der Waals surface area contributed by atoms with Crippen LogP contribution in [0.15, 0.2) is 24.3 Å². The number of hydrogen-bond donors (Lipinski definition) is 0. The van der Waals surface area contributed by atoms with E-state index < -0.39 is 34.9 Å². The van der Waals surface area contributed by atoms with Gasteiger partial charge in [-0.1, -0.05) is 11.6 Å². The highest BCUT2D eigenvalue weighted by molar-refractivity contribution is 6.33. The molecule has 4 rings (SSSR count). The van der Waals surface area contributed by atoms with Crippen LogP contribution in [0.5, 0.6) is 0 Å². The van der Waals surface area contributed by atoms with Crippen molar-refractivity contribution in [1.82, 2.24) is 9.78 Å². The van der Waals surface area contributed by atoms with Crippen LogP contribution >= 0.6 is 11.6 Å².